The van der Waals surface area contributed by atoms with Crippen molar-refractivity contribution in [1.82, 2.24) is 15.5 Å². The molecule has 102 valence electrons. The first-order valence-electron chi connectivity index (χ1n) is 6.35. The topological polar surface area (TPSA) is 51.0 Å². The van der Waals surface area contributed by atoms with Crippen molar-refractivity contribution in [3.05, 3.63) is 35.2 Å². The second-order valence-corrected chi connectivity index (χ2v) is 5.83. The summed E-state index contributed by atoms with van der Waals surface area (Å²) in [5, 5.41) is 11.9. The van der Waals surface area contributed by atoms with E-state index < -0.39 is 0 Å². The average molecular weight is 277 g/mol. The van der Waals surface area contributed by atoms with Crippen molar-refractivity contribution in [3.63, 3.8) is 0 Å². The number of aromatic nitrogens is 2. The van der Waals surface area contributed by atoms with Crippen LogP contribution >= 0.6 is 11.8 Å². The summed E-state index contributed by atoms with van der Waals surface area (Å²) < 4.78 is 5.42. The molecule has 4 nitrogen and oxygen atoms in total. The van der Waals surface area contributed by atoms with Crippen molar-refractivity contribution in [2.24, 2.45) is 0 Å². The summed E-state index contributed by atoms with van der Waals surface area (Å²) in [6.07, 6.45) is 0. The number of hydrogen-bond acceptors (Lipinski definition) is 5. The van der Waals surface area contributed by atoms with Crippen molar-refractivity contribution in [2.75, 3.05) is 0 Å². The SMILES string of the molecule is Cc1ccc(Sc2nnc(C)o2)c(CNC(C)C)c1. The van der Waals surface area contributed by atoms with Crippen LogP contribution in [0.5, 0.6) is 0 Å². The predicted molar refractivity (Wildman–Crippen MR) is 76.3 cm³/mol. The van der Waals surface area contributed by atoms with Gasteiger partial charge in [-0.2, -0.15) is 0 Å². The van der Waals surface area contributed by atoms with Crippen LogP contribution in [-0.2, 0) is 6.54 Å². The zero-order valence-electron chi connectivity index (χ0n) is 11.7. The Hall–Kier alpha value is -1.33. The van der Waals surface area contributed by atoms with Gasteiger partial charge in [0.05, 0.1) is 0 Å². The molecule has 0 atom stereocenters. The monoisotopic (exact) mass is 277 g/mol. The van der Waals surface area contributed by atoms with Crippen LogP contribution in [0, 0.1) is 13.8 Å². The van der Waals surface area contributed by atoms with Crippen molar-refractivity contribution in [3.8, 4) is 0 Å². The molecule has 0 amide bonds. The van der Waals surface area contributed by atoms with Crippen LogP contribution in [0.2, 0.25) is 0 Å². The molecule has 1 aromatic heterocycles. The van der Waals surface area contributed by atoms with E-state index in [-0.39, 0.29) is 0 Å². The molecule has 0 fully saturated rings. The van der Waals surface area contributed by atoms with Crippen LogP contribution in [0.4, 0.5) is 0 Å². The van der Waals surface area contributed by atoms with Crippen LogP contribution in [-0.4, -0.2) is 16.2 Å². The minimum absolute atomic E-state index is 0.462. The van der Waals surface area contributed by atoms with Gasteiger partial charge in [0.25, 0.3) is 5.22 Å². The number of aryl methyl sites for hydroxylation is 2. The lowest BCUT2D eigenvalue weighted by molar-refractivity contribution is 0.429. The quantitative estimate of drug-likeness (QED) is 0.908. The van der Waals surface area contributed by atoms with Gasteiger partial charge in [-0.05, 0) is 30.3 Å². The predicted octanol–water partition coefficient (Wildman–Crippen LogP) is 3.34. The van der Waals surface area contributed by atoms with Crippen LogP contribution < -0.4 is 5.32 Å². The fraction of sp³-hybridized carbons (Fsp3) is 0.429. The highest BCUT2D eigenvalue weighted by Gasteiger charge is 2.10. The summed E-state index contributed by atoms with van der Waals surface area (Å²) in [7, 11) is 0. The summed E-state index contributed by atoms with van der Waals surface area (Å²) in [4.78, 5) is 1.16. The molecule has 0 unspecified atom stereocenters. The van der Waals surface area contributed by atoms with Crippen LogP contribution in [0.15, 0.2) is 32.7 Å². The maximum atomic E-state index is 5.42. The molecule has 0 aliphatic carbocycles. The van der Waals surface area contributed by atoms with Gasteiger partial charge in [0.2, 0.25) is 5.89 Å². The Morgan fingerprint density at radius 1 is 1.26 bits per heavy atom. The average Bonchev–Trinajstić information content (AvgIpc) is 2.75. The number of nitrogens with zero attached hydrogens (tertiary/aromatic N) is 2. The Bertz CT molecular complexity index is 551. The van der Waals surface area contributed by atoms with Gasteiger partial charge in [-0.1, -0.05) is 31.5 Å². The molecule has 0 radical (unpaired) electrons. The van der Waals surface area contributed by atoms with Gasteiger partial charge < -0.3 is 9.73 Å². The summed E-state index contributed by atoms with van der Waals surface area (Å²) in [6.45, 7) is 9.03. The van der Waals surface area contributed by atoms with Gasteiger partial charge in [-0.15, -0.1) is 10.2 Å². The summed E-state index contributed by atoms with van der Waals surface area (Å²) >= 11 is 1.52. The second kappa shape index (κ2) is 6.21. The summed E-state index contributed by atoms with van der Waals surface area (Å²) in [5.41, 5.74) is 2.51. The standard InChI is InChI=1S/C14H19N3OS/c1-9(2)15-8-12-7-10(3)5-6-13(12)19-14-17-16-11(4)18-14/h5-7,9,15H,8H2,1-4H3. The fourth-order valence-electron chi connectivity index (χ4n) is 1.67. The molecule has 0 bridgehead atoms. The molecule has 0 saturated heterocycles. The Labute approximate surface area is 118 Å². The van der Waals surface area contributed by atoms with Gasteiger partial charge in [-0.3, -0.25) is 0 Å². The molecule has 19 heavy (non-hydrogen) atoms. The number of benzene rings is 1. The Kier molecular flexibility index (Phi) is 4.61. The minimum Gasteiger partial charge on any atom is -0.416 e. The van der Waals surface area contributed by atoms with E-state index >= 15 is 0 Å². The van der Waals surface area contributed by atoms with Crippen molar-refractivity contribution >= 4 is 11.8 Å². The Balaban J connectivity index is 2.18. The third-order valence-corrected chi connectivity index (χ3v) is 3.58. The highest BCUT2D eigenvalue weighted by atomic mass is 32.2. The third kappa shape index (κ3) is 4.08. The van der Waals surface area contributed by atoms with Gasteiger partial charge in [0.15, 0.2) is 0 Å². The molecule has 1 aromatic carbocycles. The van der Waals surface area contributed by atoms with E-state index in [0.29, 0.717) is 17.2 Å². The Morgan fingerprint density at radius 3 is 2.68 bits per heavy atom. The van der Waals surface area contributed by atoms with E-state index in [1.807, 2.05) is 0 Å². The first kappa shape index (κ1) is 14.1. The minimum atomic E-state index is 0.462. The number of hydrogen-bond donors (Lipinski definition) is 1. The van der Waals surface area contributed by atoms with Gasteiger partial charge in [0.1, 0.15) is 0 Å². The van der Waals surface area contributed by atoms with Crippen LogP contribution in [0.1, 0.15) is 30.9 Å². The Morgan fingerprint density at radius 2 is 2.05 bits per heavy atom. The van der Waals surface area contributed by atoms with Crippen LogP contribution in [0.3, 0.4) is 0 Å². The summed E-state index contributed by atoms with van der Waals surface area (Å²) in [5.74, 6) is 0.594. The van der Waals surface area contributed by atoms with E-state index in [9.17, 15) is 0 Å². The van der Waals surface area contributed by atoms with Crippen molar-refractivity contribution < 1.29 is 4.42 Å². The molecular weight excluding hydrogens is 258 g/mol. The zero-order valence-corrected chi connectivity index (χ0v) is 12.5. The lowest BCUT2D eigenvalue weighted by Crippen LogP contribution is -2.22. The van der Waals surface area contributed by atoms with E-state index in [2.05, 4.69) is 54.5 Å². The van der Waals surface area contributed by atoms with Gasteiger partial charge >= 0.3 is 0 Å². The fourth-order valence-corrected chi connectivity index (χ4v) is 2.50. The van der Waals surface area contributed by atoms with Crippen molar-refractivity contribution in [2.45, 2.75) is 50.4 Å². The normalized spacial score (nSPS) is 11.2. The molecule has 5 heteroatoms. The van der Waals surface area contributed by atoms with Crippen LogP contribution in [0.25, 0.3) is 0 Å². The molecular formula is C14H19N3OS. The highest BCUT2D eigenvalue weighted by Crippen LogP contribution is 2.30. The van der Waals surface area contributed by atoms with E-state index in [1.165, 1.54) is 22.9 Å². The molecule has 0 aliphatic heterocycles. The number of rotatable bonds is 5. The smallest absolute Gasteiger partial charge is 0.281 e. The lowest BCUT2D eigenvalue weighted by atomic mass is 10.1. The third-order valence-electron chi connectivity index (χ3n) is 2.62. The maximum absolute atomic E-state index is 5.42. The zero-order chi connectivity index (χ0) is 13.8. The number of nitrogens with one attached hydrogen (secondary N) is 1. The molecule has 0 saturated carbocycles. The largest absolute Gasteiger partial charge is 0.416 e. The maximum Gasteiger partial charge on any atom is 0.281 e. The summed E-state index contributed by atoms with van der Waals surface area (Å²) in [6, 6.07) is 6.87. The van der Waals surface area contributed by atoms with Crippen molar-refractivity contribution in [1.29, 1.82) is 0 Å². The second-order valence-electron chi connectivity index (χ2n) is 4.84. The van der Waals surface area contributed by atoms with E-state index in [1.54, 1.807) is 6.92 Å². The van der Waals surface area contributed by atoms with Gasteiger partial charge in [0, 0.05) is 24.4 Å². The molecule has 1 heterocycles. The molecule has 2 rings (SSSR count). The van der Waals surface area contributed by atoms with Gasteiger partial charge in [-0.25, -0.2) is 0 Å². The highest BCUT2D eigenvalue weighted by molar-refractivity contribution is 7.99. The first-order chi connectivity index (χ1) is 9.04. The van der Waals surface area contributed by atoms with E-state index in [4.69, 9.17) is 4.42 Å². The molecule has 0 aliphatic rings. The van der Waals surface area contributed by atoms with E-state index in [0.717, 1.165) is 11.4 Å². The lowest BCUT2D eigenvalue weighted by Gasteiger charge is -2.12. The molecule has 0 spiro atoms. The first-order valence-corrected chi connectivity index (χ1v) is 7.17. The molecule has 1 N–H and O–H groups in total. The molecule has 2 aromatic rings.